The lowest BCUT2D eigenvalue weighted by Gasteiger charge is -2.15. The Labute approximate surface area is 129 Å². The molecule has 1 aromatic carbocycles. The minimum absolute atomic E-state index is 0.551. The van der Waals surface area contributed by atoms with Crippen molar-refractivity contribution in [2.75, 3.05) is 27.4 Å². The van der Waals surface area contributed by atoms with Crippen LogP contribution in [-0.2, 0) is 17.9 Å². The Morgan fingerprint density at radius 3 is 2.81 bits per heavy atom. The predicted molar refractivity (Wildman–Crippen MR) is 85.2 cm³/mol. The third-order valence-electron chi connectivity index (χ3n) is 3.04. The highest BCUT2D eigenvalue weighted by molar-refractivity contribution is 7.07. The molecule has 0 atom stereocenters. The molecule has 0 aliphatic heterocycles. The number of nitrogens with one attached hydrogen (secondary N) is 1. The highest BCUT2D eigenvalue weighted by Crippen LogP contribution is 2.31. The zero-order chi connectivity index (χ0) is 14.9. The third kappa shape index (κ3) is 4.74. The van der Waals surface area contributed by atoms with E-state index in [1.54, 1.807) is 25.6 Å². The number of para-hydroxylation sites is 1. The Hall–Kier alpha value is -1.56. The van der Waals surface area contributed by atoms with Crippen molar-refractivity contribution in [2.45, 2.75) is 13.2 Å². The SMILES string of the molecule is COCCNCc1cccc(OC)c1OCc1ccsc1. The standard InChI is InChI=1S/C16H21NO3S/c1-18-8-7-17-10-14-4-3-5-15(19-2)16(14)20-11-13-6-9-21-12-13/h3-6,9,12,17H,7-8,10-11H2,1-2H3. The van der Waals surface area contributed by atoms with Crippen molar-refractivity contribution in [1.82, 2.24) is 5.32 Å². The first-order chi connectivity index (χ1) is 10.3. The molecule has 0 spiro atoms. The molecule has 5 heteroatoms. The molecule has 2 rings (SSSR count). The number of ether oxygens (including phenoxy) is 3. The molecule has 1 aromatic heterocycles. The van der Waals surface area contributed by atoms with Gasteiger partial charge in [0.05, 0.1) is 13.7 Å². The van der Waals surface area contributed by atoms with Crippen molar-refractivity contribution < 1.29 is 14.2 Å². The Bertz CT molecular complexity index is 528. The van der Waals surface area contributed by atoms with Crippen LogP contribution in [0.1, 0.15) is 11.1 Å². The molecule has 0 saturated carbocycles. The van der Waals surface area contributed by atoms with E-state index in [0.29, 0.717) is 13.2 Å². The predicted octanol–water partition coefficient (Wildman–Crippen LogP) is 3.07. The molecule has 0 fully saturated rings. The van der Waals surface area contributed by atoms with Crippen LogP contribution < -0.4 is 14.8 Å². The molecule has 4 nitrogen and oxygen atoms in total. The summed E-state index contributed by atoms with van der Waals surface area (Å²) in [6, 6.07) is 8.01. The fourth-order valence-electron chi connectivity index (χ4n) is 1.95. The minimum Gasteiger partial charge on any atom is -0.493 e. The van der Waals surface area contributed by atoms with Crippen LogP contribution in [0.25, 0.3) is 0 Å². The van der Waals surface area contributed by atoms with Gasteiger partial charge < -0.3 is 19.5 Å². The summed E-state index contributed by atoms with van der Waals surface area (Å²) in [6.45, 7) is 2.77. The number of thiophene rings is 1. The fourth-order valence-corrected chi connectivity index (χ4v) is 2.61. The quantitative estimate of drug-likeness (QED) is 0.723. The first kappa shape index (κ1) is 15.8. The van der Waals surface area contributed by atoms with E-state index in [1.165, 1.54) is 5.56 Å². The van der Waals surface area contributed by atoms with Crippen LogP contribution in [0.2, 0.25) is 0 Å². The molecule has 0 bridgehead atoms. The second-order valence-electron chi connectivity index (χ2n) is 4.54. The number of hydrogen-bond acceptors (Lipinski definition) is 5. The van der Waals surface area contributed by atoms with E-state index in [0.717, 1.165) is 30.2 Å². The van der Waals surface area contributed by atoms with E-state index in [-0.39, 0.29) is 0 Å². The molecule has 0 aliphatic rings. The molecule has 2 aromatic rings. The van der Waals surface area contributed by atoms with Crippen LogP contribution >= 0.6 is 11.3 Å². The van der Waals surface area contributed by atoms with Crippen molar-refractivity contribution in [2.24, 2.45) is 0 Å². The van der Waals surface area contributed by atoms with E-state index in [2.05, 4.69) is 16.8 Å². The molecule has 0 saturated heterocycles. The maximum atomic E-state index is 5.97. The zero-order valence-corrected chi connectivity index (χ0v) is 13.2. The van der Waals surface area contributed by atoms with Gasteiger partial charge in [0, 0.05) is 25.8 Å². The van der Waals surface area contributed by atoms with Crippen molar-refractivity contribution >= 4 is 11.3 Å². The number of rotatable bonds is 9. The van der Waals surface area contributed by atoms with Crippen LogP contribution in [0.5, 0.6) is 11.5 Å². The van der Waals surface area contributed by atoms with Crippen LogP contribution in [0.4, 0.5) is 0 Å². The van der Waals surface area contributed by atoms with Crippen LogP contribution in [0, 0.1) is 0 Å². The first-order valence-corrected chi connectivity index (χ1v) is 7.79. The summed E-state index contributed by atoms with van der Waals surface area (Å²) in [5.74, 6) is 1.56. The van der Waals surface area contributed by atoms with Gasteiger partial charge in [0.2, 0.25) is 0 Å². The van der Waals surface area contributed by atoms with Gasteiger partial charge in [0.1, 0.15) is 6.61 Å². The molecule has 114 valence electrons. The number of hydrogen-bond donors (Lipinski definition) is 1. The molecular formula is C16H21NO3S. The zero-order valence-electron chi connectivity index (χ0n) is 12.4. The highest BCUT2D eigenvalue weighted by Gasteiger charge is 2.10. The van der Waals surface area contributed by atoms with Gasteiger partial charge in [-0.15, -0.1) is 0 Å². The van der Waals surface area contributed by atoms with E-state index >= 15 is 0 Å². The van der Waals surface area contributed by atoms with Gasteiger partial charge in [-0.05, 0) is 28.5 Å². The summed E-state index contributed by atoms with van der Waals surface area (Å²) in [6.07, 6.45) is 0. The van der Waals surface area contributed by atoms with Gasteiger partial charge >= 0.3 is 0 Å². The monoisotopic (exact) mass is 307 g/mol. The molecule has 1 N–H and O–H groups in total. The van der Waals surface area contributed by atoms with Crippen molar-refractivity contribution in [1.29, 1.82) is 0 Å². The van der Waals surface area contributed by atoms with E-state index in [1.807, 2.05) is 23.6 Å². The summed E-state index contributed by atoms with van der Waals surface area (Å²) in [4.78, 5) is 0. The lowest BCUT2D eigenvalue weighted by molar-refractivity contribution is 0.199. The second-order valence-corrected chi connectivity index (χ2v) is 5.32. The van der Waals surface area contributed by atoms with Crippen LogP contribution in [0.15, 0.2) is 35.0 Å². The lowest BCUT2D eigenvalue weighted by atomic mass is 10.2. The van der Waals surface area contributed by atoms with Crippen LogP contribution in [0.3, 0.4) is 0 Å². The van der Waals surface area contributed by atoms with E-state index in [4.69, 9.17) is 14.2 Å². The smallest absolute Gasteiger partial charge is 0.166 e. The van der Waals surface area contributed by atoms with Gasteiger partial charge in [-0.1, -0.05) is 12.1 Å². The molecular weight excluding hydrogens is 286 g/mol. The van der Waals surface area contributed by atoms with Crippen molar-refractivity contribution in [3.8, 4) is 11.5 Å². The topological polar surface area (TPSA) is 39.7 Å². The van der Waals surface area contributed by atoms with Gasteiger partial charge in [-0.3, -0.25) is 0 Å². The largest absolute Gasteiger partial charge is 0.493 e. The maximum absolute atomic E-state index is 5.97. The first-order valence-electron chi connectivity index (χ1n) is 6.84. The highest BCUT2D eigenvalue weighted by atomic mass is 32.1. The molecule has 0 amide bonds. The van der Waals surface area contributed by atoms with E-state index < -0.39 is 0 Å². The van der Waals surface area contributed by atoms with E-state index in [9.17, 15) is 0 Å². The van der Waals surface area contributed by atoms with Crippen LogP contribution in [-0.4, -0.2) is 27.4 Å². The Balaban J connectivity index is 2.04. The lowest BCUT2D eigenvalue weighted by Crippen LogP contribution is -2.19. The molecule has 0 radical (unpaired) electrons. The second kappa shape index (κ2) is 8.67. The van der Waals surface area contributed by atoms with Gasteiger partial charge in [0.15, 0.2) is 11.5 Å². The molecule has 21 heavy (non-hydrogen) atoms. The summed E-state index contributed by atoms with van der Waals surface area (Å²) in [5, 5.41) is 7.47. The Kier molecular flexibility index (Phi) is 6.53. The number of methoxy groups -OCH3 is 2. The third-order valence-corrected chi connectivity index (χ3v) is 3.77. The Morgan fingerprint density at radius 2 is 2.10 bits per heavy atom. The fraction of sp³-hybridized carbons (Fsp3) is 0.375. The Morgan fingerprint density at radius 1 is 1.19 bits per heavy atom. The summed E-state index contributed by atoms with van der Waals surface area (Å²) < 4.78 is 16.4. The van der Waals surface area contributed by atoms with Gasteiger partial charge in [-0.2, -0.15) is 11.3 Å². The summed E-state index contributed by atoms with van der Waals surface area (Å²) >= 11 is 1.67. The van der Waals surface area contributed by atoms with Crippen molar-refractivity contribution in [3.05, 3.63) is 46.2 Å². The normalized spacial score (nSPS) is 10.6. The number of benzene rings is 1. The molecule has 1 heterocycles. The molecule has 0 aliphatic carbocycles. The minimum atomic E-state index is 0.551. The summed E-state index contributed by atoms with van der Waals surface area (Å²) in [7, 11) is 3.36. The average Bonchev–Trinajstić information content (AvgIpc) is 3.03. The molecule has 0 unspecified atom stereocenters. The van der Waals surface area contributed by atoms with Gasteiger partial charge in [0.25, 0.3) is 0 Å². The van der Waals surface area contributed by atoms with Crippen molar-refractivity contribution in [3.63, 3.8) is 0 Å². The maximum Gasteiger partial charge on any atom is 0.166 e. The van der Waals surface area contributed by atoms with Gasteiger partial charge in [-0.25, -0.2) is 0 Å². The average molecular weight is 307 g/mol. The summed E-state index contributed by atoms with van der Waals surface area (Å²) in [5.41, 5.74) is 2.25.